The number of benzene rings is 1. The van der Waals surface area contributed by atoms with Gasteiger partial charge in [0.2, 0.25) is 5.95 Å². The maximum atomic E-state index is 13.0. The number of nitrogens with two attached hydrogens (primary N) is 1. The third-order valence-electron chi connectivity index (χ3n) is 5.54. The van der Waals surface area contributed by atoms with Gasteiger partial charge < -0.3 is 24.7 Å². The lowest BCUT2D eigenvalue weighted by Crippen LogP contribution is -2.40. The molecule has 3 heterocycles. The zero-order valence-electron chi connectivity index (χ0n) is 20.3. The molecule has 1 fully saturated rings. The predicted octanol–water partition coefficient (Wildman–Crippen LogP) is 2.42. The van der Waals surface area contributed by atoms with Crippen LogP contribution in [0.2, 0.25) is 0 Å². The monoisotopic (exact) mass is 537 g/mol. The van der Waals surface area contributed by atoms with Gasteiger partial charge in [0.1, 0.15) is 23.9 Å². The number of nitrogen functional groups attached to an aromatic ring is 1. The van der Waals surface area contributed by atoms with Gasteiger partial charge in [0.05, 0.1) is 11.9 Å². The fraction of sp³-hybridized carbons (Fsp3) is 0.391. The largest absolute Gasteiger partial charge is 0.463 e. The van der Waals surface area contributed by atoms with E-state index >= 15 is 0 Å². The summed E-state index contributed by atoms with van der Waals surface area (Å²) in [6.45, 7) is 3.17. The zero-order chi connectivity index (χ0) is 27.8. The third-order valence-corrected chi connectivity index (χ3v) is 5.54. The van der Waals surface area contributed by atoms with Crippen LogP contribution >= 0.6 is 0 Å². The average Bonchev–Trinajstić information content (AvgIpc) is 3.37. The molecule has 38 heavy (non-hydrogen) atoms. The van der Waals surface area contributed by atoms with Gasteiger partial charge in [-0.3, -0.25) is 19.0 Å². The topological polar surface area (TPSA) is 158 Å². The smallest absolute Gasteiger partial charge is 0.416 e. The fourth-order valence-corrected chi connectivity index (χ4v) is 4.05. The fourth-order valence-electron chi connectivity index (χ4n) is 4.05. The first-order valence-electron chi connectivity index (χ1n) is 11.2. The minimum Gasteiger partial charge on any atom is -0.463 e. The number of fused-ring (bicyclic) bond motifs is 1. The number of esters is 3. The van der Waals surface area contributed by atoms with Gasteiger partial charge in [-0.2, -0.15) is 18.2 Å². The molecule has 0 aliphatic carbocycles. The first-order chi connectivity index (χ1) is 17.8. The number of halogens is 3. The molecule has 2 N–H and O–H groups in total. The van der Waals surface area contributed by atoms with Gasteiger partial charge >= 0.3 is 24.1 Å². The van der Waals surface area contributed by atoms with Crippen LogP contribution in [0.3, 0.4) is 0 Å². The van der Waals surface area contributed by atoms with Crippen molar-refractivity contribution in [2.75, 3.05) is 12.3 Å². The number of carbonyl (C=O) groups excluding carboxylic acids is 3. The minimum atomic E-state index is -4.52. The molecule has 12 nitrogen and oxygen atoms in total. The van der Waals surface area contributed by atoms with Crippen molar-refractivity contribution in [3.05, 3.63) is 36.2 Å². The molecule has 0 spiro atoms. The van der Waals surface area contributed by atoms with E-state index in [1.165, 1.54) is 30.0 Å². The summed E-state index contributed by atoms with van der Waals surface area (Å²) < 4.78 is 62.2. The molecule has 1 aromatic carbocycles. The van der Waals surface area contributed by atoms with Crippen LogP contribution in [-0.2, 0) is 39.5 Å². The van der Waals surface area contributed by atoms with Crippen LogP contribution in [0.5, 0.6) is 0 Å². The Labute approximate surface area is 212 Å². The van der Waals surface area contributed by atoms with Crippen LogP contribution in [0.4, 0.5) is 19.1 Å². The second-order valence-corrected chi connectivity index (χ2v) is 8.35. The molecule has 1 saturated heterocycles. The molecule has 3 aromatic rings. The van der Waals surface area contributed by atoms with E-state index in [4.69, 9.17) is 24.7 Å². The molecule has 0 bridgehead atoms. The number of anilines is 1. The highest BCUT2D eigenvalue weighted by Gasteiger charge is 2.51. The SMILES string of the molecule is CC(=O)OC[C@H]1O[C@@H](n2cnc3c(-c4ccc(C(F)(F)F)cc4)nc(N)nc32)[C@H](OC(C)=O)[C@@H]1OC(C)=O. The van der Waals surface area contributed by atoms with E-state index in [0.717, 1.165) is 26.0 Å². The Morgan fingerprint density at radius 3 is 2.21 bits per heavy atom. The van der Waals surface area contributed by atoms with E-state index in [-0.39, 0.29) is 35.0 Å². The second-order valence-electron chi connectivity index (χ2n) is 8.35. The molecule has 202 valence electrons. The van der Waals surface area contributed by atoms with Crippen molar-refractivity contribution < 1.29 is 46.5 Å². The Kier molecular flexibility index (Phi) is 7.22. The Morgan fingerprint density at radius 2 is 1.63 bits per heavy atom. The number of ether oxygens (including phenoxy) is 4. The normalized spacial score (nSPS) is 21.3. The van der Waals surface area contributed by atoms with Crippen LogP contribution in [0.15, 0.2) is 30.6 Å². The number of imidazole rings is 1. The highest BCUT2D eigenvalue weighted by molar-refractivity contribution is 5.88. The highest BCUT2D eigenvalue weighted by Crippen LogP contribution is 2.37. The summed E-state index contributed by atoms with van der Waals surface area (Å²) in [5.41, 5.74) is 5.77. The number of hydrogen-bond acceptors (Lipinski definition) is 11. The van der Waals surface area contributed by atoms with E-state index < -0.39 is 54.2 Å². The van der Waals surface area contributed by atoms with Gasteiger partial charge in [-0.15, -0.1) is 0 Å². The number of aromatic nitrogens is 4. The summed E-state index contributed by atoms with van der Waals surface area (Å²) in [7, 11) is 0. The lowest BCUT2D eigenvalue weighted by atomic mass is 10.1. The lowest BCUT2D eigenvalue weighted by Gasteiger charge is -2.23. The molecule has 0 radical (unpaired) electrons. The van der Waals surface area contributed by atoms with Gasteiger partial charge in [-0.1, -0.05) is 12.1 Å². The minimum absolute atomic E-state index is 0.101. The summed E-state index contributed by atoms with van der Waals surface area (Å²) in [4.78, 5) is 47.7. The zero-order valence-corrected chi connectivity index (χ0v) is 20.3. The van der Waals surface area contributed by atoms with E-state index in [9.17, 15) is 27.6 Å². The van der Waals surface area contributed by atoms with Gasteiger partial charge in [-0.05, 0) is 12.1 Å². The van der Waals surface area contributed by atoms with E-state index in [1.54, 1.807) is 0 Å². The molecule has 4 rings (SSSR count). The van der Waals surface area contributed by atoms with Gasteiger partial charge in [0, 0.05) is 26.3 Å². The highest BCUT2D eigenvalue weighted by atomic mass is 19.4. The summed E-state index contributed by atoms with van der Waals surface area (Å²) in [5, 5.41) is 0. The molecule has 0 saturated carbocycles. The van der Waals surface area contributed by atoms with Crippen molar-refractivity contribution in [3.8, 4) is 11.3 Å². The Bertz CT molecular complexity index is 1380. The number of carbonyl (C=O) groups is 3. The molecule has 0 amide bonds. The summed E-state index contributed by atoms with van der Waals surface area (Å²) >= 11 is 0. The molecule has 1 aliphatic heterocycles. The Balaban J connectivity index is 1.78. The number of nitrogens with zero attached hydrogens (tertiary/aromatic N) is 4. The number of alkyl halides is 3. The van der Waals surface area contributed by atoms with Crippen molar-refractivity contribution in [1.29, 1.82) is 0 Å². The van der Waals surface area contributed by atoms with Crippen molar-refractivity contribution in [3.63, 3.8) is 0 Å². The molecule has 15 heteroatoms. The van der Waals surface area contributed by atoms with Gasteiger partial charge in [0.25, 0.3) is 0 Å². The van der Waals surface area contributed by atoms with E-state index in [0.29, 0.717) is 0 Å². The molecule has 1 aliphatic rings. The maximum Gasteiger partial charge on any atom is 0.416 e. The van der Waals surface area contributed by atoms with Crippen LogP contribution in [0.25, 0.3) is 22.4 Å². The standard InChI is InChI=1S/C23H22F3N5O7/c1-10(32)35-8-15-18(36-11(2)33)19(37-12(3)34)21(38-15)31-9-28-17-16(29-22(27)30-20(17)31)13-4-6-14(7-5-13)23(24,25)26/h4-7,9,15,18-19,21H,8H2,1-3H3,(H2,27,29,30)/t15-,18-,19-,21-/m1/s1. The molecular weight excluding hydrogens is 515 g/mol. The van der Waals surface area contributed by atoms with Gasteiger partial charge in [-0.25, -0.2) is 9.97 Å². The summed E-state index contributed by atoms with van der Waals surface area (Å²) in [6, 6.07) is 4.25. The first-order valence-corrected chi connectivity index (χ1v) is 11.2. The first kappa shape index (κ1) is 26.8. The van der Waals surface area contributed by atoms with E-state index in [1.807, 2.05) is 0 Å². The maximum absolute atomic E-state index is 13.0. The van der Waals surface area contributed by atoms with Crippen LogP contribution in [0, 0.1) is 0 Å². The predicted molar refractivity (Wildman–Crippen MR) is 122 cm³/mol. The lowest BCUT2D eigenvalue weighted by molar-refractivity contribution is -0.166. The van der Waals surface area contributed by atoms with Crippen LogP contribution in [0.1, 0.15) is 32.6 Å². The van der Waals surface area contributed by atoms with Crippen molar-refractivity contribution in [1.82, 2.24) is 19.5 Å². The van der Waals surface area contributed by atoms with Crippen LogP contribution < -0.4 is 5.73 Å². The Hall–Kier alpha value is -4.27. The molecule has 0 unspecified atom stereocenters. The quantitative estimate of drug-likeness (QED) is 0.364. The van der Waals surface area contributed by atoms with Crippen molar-refractivity contribution in [2.45, 2.75) is 51.5 Å². The molecule has 2 aromatic heterocycles. The number of hydrogen-bond donors (Lipinski definition) is 1. The van der Waals surface area contributed by atoms with Crippen LogP contribution in [-0.4, -0.2) is 62.3 Å². The van der Waals surface area contributed by atoms with Crippen molar-refractivity contribution in [2.24, 2.45) is 0 Å². The Morgan fingerprint density at radius 1 is 1.00 bits per heavy atom. The van der Waals surface area contributed by atoms with Crippen molar-refractivity contribution >= 4 is 35.0 Å². The number of rotatable bonds is 6. The molecular formula is C23H22F3N5O7. The summed E-state index contributed by atoms with van der Waals surface area (Å²) in [5.74, 6) is -2.24. The van der Waals surface area contributed by atoms with E-state index in [2.05, 4.69) is 15.0 Å². The molecule has 4 atom stereocenters. The van der Waals surface area contributed by atoms with Gasteiger partial charge in [0.15, 0.2) is 24.1 Å². The second kappa shape index (κ2) is 10.2. The summed E-state index contributed by atoms with van der Waals surface area (Å²) in [6.07, 6.45) is -7.79. The third kappa shape index (κ3) is 5.51. The average molecular weight is 537 g/mol.